The maximum Gasteiger partial charge on any atom is 0.226 e. The summed E-state index contributed by atoms with van der Waals surface area (Å²) in [5.41, 5.74) is 1.83. The Morgan fingerprint density at radius 1 is 1.26 bits per heavy atom. The lowest BCUT2D eigenvalue weighted by Crippen LogP contribution is -2.14. The highest BCUT2D eigenvalue weighted by Crippen LogP contribution is 2.16. The summed E-state index contributed by atoms with van der Waals surface area (Å²) in [5, 5.41) is 14.9. The number of hydrogen-bond acceptors (Lipinski definition) is 8. The SMILES string of the molecule is COCc1nnc(NC(=O)CCCNc2nc(C)cc(C)n2)s1. The first-order chi connectivity index (χ1) is 11.1. The van der Waals surface area contributed by atoms with Gasteiger partial charge in [0.1, 0.15) is 11.6 Å². The molecule has 2 rings (SSSR count). The number of aromatic nitrogens is 4. The lowest BCUT2D eigenvalue weighted by atomic mass is 10.3. The number of ether oxygens (including phenoxy) is 1. The van der Waals surface area contributed by atoms with Crippen LogP contribution in [0.15, 0.2) is 6.07 Å². The Balaban J connectivity index is 1.70. The summed E-state index contributed by atoms with van der Waals surface area (Å²) in [5.74, 6) is 0.504. The second-order valence-corrected chi connectivity index (χ2v) is 6.05. The lowest BCUT2D eigenvalue weighted by molar-refractivity contribution is -0.116. The largest absolute Gasteiger partial charge is 0.377 e. The number of rotatable bonds is 8. The van der Waals surface area contributed by atoms with E-state index in [0.717, 1.165) is 16.4 Å². The summed E-state index contributed by atoms with van der Waals surface area (Å²) in [6, 6.07) is 1.92. The zero-order chi connectivity index (χ0) is 16.7. The van der Waals surface area contributed by atoms with Gasteiger partial charge in [0, 0.05) is 31.5 Å². The number of carbonyl (C=O) groups is 1. The molecule has 9 heteroatoms. The van der Waals surface area contributed by atoms with Crippen LogP contribution in [-0.2, 0) is 16.1 Å². The van der Waals surface area contributed by atoms with Crippen LogP contribution in [0, 0.1) is 13.8 Å². The van der Waals surface area contributed by atoms with Gasteiger partial charge in [0.05, 0.1) is 0 Å². The molecular formula is C14H20N6O2S. The summed E-state index contributed by atoms with van der Waals surface area (Å²) in [6.07, 6.45) is 1.06. The Kier molecular flexibility index (Phi) is 6.36. The molecule has 0 aromatic carbocycles. The molecule has 2 heterocycles. The molecule has 1 amide bonds. The van der Waals surface area contributed by atoms with Gasteiger partial charge in [0.15, 0.2) is 0 Å². The highest BCUT2D eigenvalue weighted by atomic mass is 32.1. The number of carbonyl (C=O) groups excluding carboxylic acids is 1. The van der Waals surface area contributed by atoms with Crippen LogP contribution >= 0.6 is 11.3 Å². The summed E-state index contributed by atoms with van der Waals surface area (Å²) >= 11 is 1.31. The highest BCUT2D eigenvalue weighted by Gasteiger charge is 2.08. The van der Waals surface area contributed by atoms with Crippen LogP contribution in [0.2, 0.25) is 0 Å². The maximum atomic E-state index is 11.8. The van der Waals surface area contributed by atoms with E-state index in [2.05, 4.69) is 30.8 Å². The third kappa shape index (κ3) is 5.87. The number of aryl methyl sites for hydroxylation is 2. The van der Waals surface area contributed by atoms with E-state index in [-0.39, 0.29) is 5.91 Å². The van der Waals surface area contributed by atoms with Crippen molar-refractivity contribution in [3.63, 3.8) is 0 Å². The molecule has 0 saturated carbocycles. The van der Waals surface area contributed by atoms with Crippen molar-refractivity contribution in [2.75, 3.05) is 24.3 Å². The summed E-state index contributed by atoms with van der Waals surface area (Å²) in [4.78, 5) is 20.4. The minimum Gasteiger partial charge on any atom is -0.377 e. The number of anilines is 2. The fraction of sp³-hybridized carbons (Fsp3) is 0.500. The second kappa shape index (κ2) is 8.49. The minimum atomic E-state index is -0.0896. The fourth-order valence-corrected chi connectivity index (χ4v) is 2.65. The third-order valence-electron chi connectivity index (χ3n) is 2.83. The Morgan fingerprint density at radius 2 is 2.00 bits per heavy atom. The molecule has 0 atom stereocenters. The average Bonchev–Trinajstić information content (AvgIpc) is 2.90. The molecule has 2 aromatic heterocycles. The standard InChI is InChI=1S/C14H20N6O2S/c1-9-7-10(2)17-13(16-9)15-6-4-5-11(21)18-14-20-19-12(23-14)8-22-3/h7H,4-6,8H2,1-3H3,(H,15,16,17)(H,18,20,21). The minimum absolute atomic E-state index is 0.0896. The van der Waals surface area contributed by atoms with Crippen molar-refractivity contribution in [3.8, 4) is 0 Å². The molecule has 0 aliphatic carbocycles. The smallest absolute Gasteiger partial charge is 0.226 e. The van der Waals surface area contributed by atoms with E-state index in [4.69, 9.17) is 4.74 Å². The van der Waals surface area contributed by atoms with E-state index in [0.29, 0.717) is 37.1 Å². The van der Waals surface area contributed by atoms with Crippen molar-refractivity contribution in [2.24, 2.45) is 0 Å². The van der Waals surface area contributed by atoms with E-state index in [1.807, 2.05) is 19.9 Å². The van der Waals surface area contributed by atoms with E-state index in [1.165, 1.54) is 11.3 Å². The molecule has 0 bridgehead atoms. The molecule has 124 valence electrons. The highest BCUT2D eigenvalue weighted by molar-refractivity contribution is 7.15. The second-order valence-electron chi connectivity index (χ2n) is 4.99. The van der Waals surface area contributed by atoms with Gasteiger partial charge in [-0.15, -0.1) is 10.2 Å². The number of nitrogens with zero attached hydrogens (tertiary/aromatic N) is 4. The van der Waals surface area contributed by atoms with E-state index >= 15 is 0 Å². The topological polar surface area (TPSA) is 102 Å². The quantitative estimate of drug-likeness (QED) is 0.710. The van der Waals surface area contributed by atoms with Crippen molar-refractivity contribution >= 4 is 28.3 Å². The van der Waals surface area contributed by atoms with E-state index < -0.39 is 0 Å². The van der Waals surface area contributed by atoms with Crippen LogP contribution < -0.4 is 10.6 Å². The van der Waals surface area contributed by atoms with E-state index in [9.17, 15) is 4.79 Å². The summed E-state index contributed by atoms with van der Waals surface area (Å²) in [6.45, 7) is 4.87. The molecule has 0 fully saturated rings. The lowest BCUT2D eigenvalue weighted by Gasteiger charge is -2.06. The Hall–Kier alpha value is -2.13. The molecule has 8 nitrogen and oxygen atoms in total. The molecule has 23 heavy (non-hydrogen) atoms. The normalized spacial score (nSPS) is 10.6. The van der Waals surface area contributed by atoms with Gasteiger partial charge in [-0.3, -0.25) is 4.79 Å². The maximum absolute atomic E-state index is 11.8. The van der Waals surface area contributed by atoms with Gasteiger partial charge in [-0.05, 0) is 26.3 Å². The monoisotopic (exact) mass is 336 g/mol. The molecule has 0 spiro atoms. The fourth-order valence-electron chi connectivity index (χ4n) is 1.92. The van der Waals surface area contributed by atoms with E-state index in [1.54, 1.807) is 7.11 Å². The number of hydrogen-bond donors (Lipinski definition) is 2. The first-order valence-electron chi connectivity index (χ1n) is 7.24. The van der Waals surface area contributed by atoms with Gasteiger partial charge < -0.3 is 15.4 Å². The molecular weight excluding hydrogens is 316 g/mol. The number of methoxy groups -OCH3 is 1. The molecule has 2 N–H and O–H groups in total. The van der Waals surface area contributed by atoms with Crippen molar-refractivity contribution in [2.45, 2.75) is 33.3 Å². The third-order valence-corrected chi connectivity index (χ3v) is 3.64. The number of nitrogens with one attached hydrogen (secondary N) is 2. The van der Waals surface area contributed by atoms with Crippen LogP contribution in [0.25, 0.3) is 0 Å². The van der Waals surface area contributed by atoms with Crippen molar-refractivity contribution in [1.29, 1.82) is 0 Å². The molecule has 0 unspecified atom stereocenters. The molecule has 0 aliphatic heterocycles. The van der Waals surface area contributed by atoms with Crippen LogP contribution in [0.3, 0.4) is 0 Å². The van der Waals surface area contributed by atoms with Crippen molar-refractivity contribution < 1.29 is 9.53 Å². The van der Waals surface area contributed by atoms with Crippen molar-refractivity contribution in [3.05, 3.63) is 22.5 Å². The summed E-state index contributed by atoms with van der Waals surface area (Å²) < 4.78 is 4.96. The van der Waals surface area contributed by atoms with Gasteiger partial charge in [0.25, 0.3) is 0 Å². The Labute approximate surface area is 138 Å². The number of amides is 1. The van der Waals surface area contributed by atoms with Gasteiger partial charge in [-0.25, -0.2) is 9.97 Å². The Morgan fingerprint density at radius 3 is 2.70 bits per heavy atom. The predicted octanol–water partition coefficient (Wildman–Crippen LogP) is 1.92. The van der Waals surface area contributed by atoms with Crippen LogP contribution in [0.1, 0.15) is 29.2 Å². The van der Waals surface area contributed by atoms with Gasteiger partial charge in [-0.2, -0.15) is 0 Å². The molecule has 0 radical (unpaired) electrons. The van der Waals surface area contributed by atoms with Crippen LogP contribution in [0.4, 0.5) is 11.1 Å². The van der Waals surface area contributed by atoms with Gasteiger partial charge in [-0.1, -0.05) is 11.3 Å². The first kappa shape index (κ1) is 17.2. The molecule has 2 aromatic rings. The summed E-state index contributed by atoms with van der Waals surface area (Å²) in [7, 11) is 1.59. The van der Waals surface area contributed by atoms with Crippen LogP contribution in [0.5, 0.6) is 0 Å². The average molecular weight is 336 g/mol. The molecule has 0 saturated heterocycles. The van der Waals surface area contributed by atoms with Crippen molar-refractivity contribution in [1.82, 2.24) is 20.2 Å². The van der Waals surface area contributed by atoms with Crippen LogP contribution in [-0.4, -0.2) is 39.7 Å². The predicted molar refractivity (Wildman–Crippen MR) is 88.5 cm³/mol. The first-order valence-corrected chi connectivity index (χ1v) is 8.06. The van der Waals surface area contributed by atoms with Gasteiger partial charge in [0.2, 0.25) is 17.0 Å². The molecule has 0 aliphatic rings. The zero-order valence-electron chi connectivity index (χ0n) is 13.4. The van der Waals surface area contributed by atoms with Gasteiger partial charge >= 0.3 is 0 Å². The Bertz CT molecular complexity index is 640. The zero-order valence-corrected chi connectivity index (χ0v) is 14.2.